The number of benzene rings is 2. The van der Waals surface area contributed by atoms with Gasteiger partial charge >= 0.3 is 0 Å². The monoisotopic (exact) mass is 453 g/mol. The van der Waals surface area contributed by atoms with Gasteiger partial charge in [0.1, 0.15) is 11.6 Å². The minimum Gasteiger partial charge on any atom is -0.341 e. The molecule has 3 aromatic rings. The predicted octanol–water partition coefficient (Wildman–Crippen LogP) is 3.81. The van der Waals surface area contributed by atoms with Crippen LogP contribution < -0.4 is 0 Å². The van der Waals surface area contributed by atoms with Gasteiger partial charge in [0.25, 0.3) is 0 Å². The lowest BCUT2D eigenvalue weighted by Gasteiger charge is -2.18. The highest BCUT2D eigenvalue weighted by Crippen LogP contribution is 2.22. The average molecular weight is 454 g/mol. The van der Waals surface area contributed by atoms with Crippen LogP contribution in [0, 0.1) is 5.82 Å². The number of rotatable bonds is 9. The van der Waals surface area contributed by atoms with E-state index in [0.29, 0.717) is 12.1 Å². The molecule has 1 saturated heterocycles. The third-order valence-corrected chi connectivity index (χ3v) is 6.61. The summed E-state index contributed by atoms with van der Waals surface area (Å²) >= 11 is 1.38. The van der Waals surface area contributed by atoms with E-state index in [9.17, 15) is 9.18 Å². The minimum atomic E-state index is -0.297. The van der Waals surface area contributed by atoms with Gasteiger partial charge in [0.15, 0.2) is 5.16 Å². The summed E-state index contributed by atoms with van der Waals surface area (Å²) in [4.78, 5) is 16.7. The fourth-order valence-electron chi connectivity index (χ4n) is 3.82. The molecule has 1 aliphatic heterocycles. The maximum atomic E-state index is 13.9. The Balaban J connectivity index is 1.44. The quantitative estimate of drug-likeness (QED) is 0.461. The molecule has 0 unspecified atom stereocenters. The minimum absolute atomic E-state index is 0.0754. The van der Waals surface area contributed by atoms with E-state index in [-0.39, 0.29) is 24.0 Å². The van der Waals surface area contributed by atoms with Crippen LogP contribution in [-0.4, -0.2) is 56.4 Å². The van der Waals surface area contributed by atoms with Crippen LogP contribution in [0.2, 0.25) is 0 Å². The number of carbonyl (C=O) groups excluding carboxylic acids is 1. The Morgan fingerprint density at radius 2 is 1.75 bits per heavy atom. The summed E-state index contributed by atoms with van der Waals surface area (Å²) in [5.74, 6) is 0.773. The van der Waals surface area contributed by atoms with Crippen molar-refractivity contribution in [3.05, 3.63) is 77.4 Å². The van der Waals surface area contributed by atoms with Crippen molar-refractivity contribution in [2.75, 3.05) is 25.9 Å². The van der Waals surface area contributed by atoms with Crippen molar-refractivity contribution in [1.29, 1.82) is 0 Å². The summed E-state index contributed by atoms with van der Waals surface area (Å²) < 4.78 is 16.0. The molecule has 0 spiro atoms. The molecule has 0 aliphatic carbocycles. The van der Waals surface area contributed by atoms with Crippen molar-refractivity contribution in [2.24, 2.45) is 0 Å². The SMILES string of the molecule is CN(Cc1ccccc1F)C(=O)CSc1nnc(CN2CCCC2)n1Cc1ccccc1. The molecule has 0 N–H and O–H groups in total. The lowest BCUT2D eigenvalue weighted by Crippen LogP contribution is -2.28. The summed E-state index contributed by atoms with van der Waals surface area (Å²) in [6, 6.07) is 16.8. The van der Waals surface area contributed by atoms with Crippen molar-refractivity contribution < 1.29 is 9.18 Å². The second-order valence-electron chi connectivity index (χ2n) is 8.08. The van der Waals surface area contributed by atoms with Crippen molar-refractivity contribution in [3.63, 3.8) is 0 Å². The largest absolute Gasteiger partial charge is 0.341 e. The van der Waals surface area contributed by atoms with Gasteiger partial charge in [-0.3, -0.25) is 9.69 Å². The first-order valence-corrected chi connectivity index (χ1v) is 11.9. The summed E-state index contributed by atoms with van der Waals surface area (Å²) in [5, 5.41) is 9.59. The average Bonchev–Trinajstić information content (AvgIpc) is 3.45. The molecule has 6 nitrogen and oxygen atoms in total. The van der Waals surface area contributed by atoms with E-state index in [4.69, 9.17) is 0 Å². The van der Waals surface area contributed by atoms with E-state index in [0.717, 1.165) is 30.6 Å². The van der Waals surface area contributed by atoms with Crippen molar-refractivity contribution in [3.8, 4) is 0 Å². The van der Waals surface area contributed by atoms with Gasteiger partial charge in [-0.1, -0.05) is 60.3 Å². The van der Waals surface area contributed by atoms with Crippen LogP contribution in [0.15, 0.2) is 59.8 Å². The van der Waals surface area contributed by atoms with Crippen LogP contribution in [0.1, 0.15) is 29.8 Å². The molecule has 1 fully saturated rings. The highest BCUT2D eigenvalue weighted by Gasteiger charge is 2.20. The van der Waals surface area contributed by atoms with Crippen molar-refractivity contribution in [2.45, 2.75) is 37.6 Å². The maximum absolute atomic E-state index is 13.9. The zero-order valence-electron chi connectivity index (χ0n) is 18.3. The molecule has 1 amide bonds. The van der Waals surface area contributed by atoms with E-state index in [1.165, 1.54) is 36.2 Å². The van der Waals surface area contributed by atoms with Crippen molar-refractivity contribution in [1.82, 2.24) is 24.6 Å². The first kappa shape index (κ1) is 22.5. The first-order valence-electron chi connectivity index (χ1n) is 10.9. The zero-order chi connectivity index (χ0) is 22.3. The third-order valence-electron chi connectivity index (χ3n) is 5.66. The van der Waals surface area contributed by atoms with Crippen LogP contribution >= 0.6 is 11.8 Å². The number of hydrogen-bond acceptors (Lipinski definition) is 5. The molecule has 2 heterocycles. The van der Waals surface area contributed by atoms with Crippen molar-refractivity contribution >= 4 is 17.7 Å². The second kappa shape index (κ2) is 10.7. The highest BCUT2D eigenvalue weighted by atomic mass is 32.2. The molecule has 0 atom stereocenters. The van der Waals surface area contributed by atoms with Crippen LogP contribution in [0.3, 0.4) is 0 Å². The van der Waals surface area contributed by atoms with E-state index in [2.05, 4.69) is 31.8 Å². The molecule has 0 radical (unpaired) electrons. The molecule has 0 bridgehead atoms. The Morgan fingerprint density at radius 3 is 2.50 bits per heavy atom. The van der Waals surface area contributed by atoms with Gasteiger partial charge in [0.2, 0.25) is 5.91 Å². The number of nitrogens with zero attached hydrogens (tertiary/aromatic N) is 5. The molecule has 1 aromatic heterocycles. The van der Waals surface area contributed by atoms with Crippen LogP contribution in [0.5, 0.6) is 0 Å². The molecule has 32 heavy (non-hydrogen) atoms. The Bertz CT molecular complexity index is 1040. The van der Waals surface area contributed by atoms with E-state index in [1.807, 2.05) is 18.2 Å². The Morgan fingerprint density at radius 1 is 1.03 bits per heavy atom. The summed E-state index contributed by atoms with van der Waals surface area (Å²) in [6.45, 7) is 3.84. The van der Waals surface area contributed by atoms with Gasteiger partial charge in [-0.2, -0.15) is 0 Å². The van der Waals surface area contributed by atoms with E-state index in [1.54, 1.807) is 30.1 Å². The fourth-order valence-corrected chi connectivity index (χ4v) is 4.71. The van der Waals surface area contributed by atoms with E-state index >= 15 is 0 Å². The molecular formula is C24H28FN5OS. The number of amides is 1. The number of hydrogen-bond donors (Lipinski definition) is 0. The lowest BCUT2D eigenvalue weighted by molar-refractivity contribution is -0.127. The number of halogens is 1. The lowest BCUT2D eigenvalue weighted by atomic mass is 10.2. The third kappa shape index (κ3) is 5.75. The van der Waals surface area contributed by atoms with Gasteiger partial charge in [-0.05, 0) is 37.6 Å². The van der Waals surface area contributed by atoms with Gasteiger partial charge in [0.05, 0.1) is 18.8 Å². The molecule has 168 valence electrons. The number of thioether (sulfide) groups is 1. The molecule has 8 heteroatoms. The van der Waals surface area contributed by atoms with Gasteiger partial charge in [-0.15, -0.1) is 10.2 Å². The first-order chi connectivity index (χ1) is 15.6. The van der Waals surface area contributed by atoms with Crippen LogP contribution in [-0.2, 0) is 24.4 Å². The van der Waals surface area contributed by atoms with Gasteiger partial charge in [-0.25, -0.2) is 4.39 Å². The maximum Gasteiger partial charge on any atom is 0.233 e. The smallest absolute Gasteiger partial charge is 0.233 e. The topological polar surface area (TPSA) is 54.3 Å². The Kier molecular flexibility index (Phi) is 7.55. The second-order valence-corrected chi connectivity index (χ2v) is 9.03. The summed E-state index contributed by atoms with van der Waals surface area (Å²) in [7, 11) is 1.70. The predicted molar refractivity (Wildman–Crippen MR) is 124 cm³/mol. The number of aromatic nitrogens is 3. The van der Waals surface area contributed by atoms with Crippen LogP contribution in [0.4, 0.5) is 4.39 Å². The zero-order valence-corrected chi connectivity index (χ0v) is 19.1. The van der Waals surface area contributed by atoms with Gasteiger partial charge < -0.3 is 9.47 Å². The van der Waals surface area contributed by atoms with E-state index < -0.39 is 0 Å². The number of carbonyl (C=O) groups is 1. The molecule has 0 saturated carbocycles. The molecule has 2 aromatic carbocycles. The normalized spacial score (nSPS) is 14.1. The summed E-state index contributed by atoms with van der Waals surface area (Å²) in [5.41, 5.74) is 1.67. The standard InChI is InChI=1S/C24H28FN5OS/c1-28(16-20-11-5-6-12-21(20)25)23(31)18-32-24-27-26-22(17-29-13-7-8-14-29)30(24)15-19-9-3-2-4-10-19/h2-6,9-12H,7-8,13-18H2,1H3. The molecular weight excluding hydrogens is 425 g/mol. The Labute approximate surface area is 192 Å². The van der Waals surface area contributed by atoms with Gasteiger partial charge in [0, 0.05) is 19.2 Å². The molecule has 1 aliphatic rings. The molecule has 4 rings (SSSR count). The Hall–Kier alpha value is -2.71. The summed E-state index contributed by atoms with van der Waals surface area (Å²) in [6.07, 6.45) is 2.44. The number of likely N-dealkylation sites (tertiary alicyclic amines) is 1. The fraction of sp³-hybridized carbons (Fsp3) is 0.375. The highest BCUT2D eigenvalue weighted by molar-refractivity contribution is 7.99. The van der Waals surface area contributed by atoms with Crippen LogP contribution in [0.25, 0.3) is 0 Å².